The first-order chi connectivity index (χ1) is 8.20. The molecule has 0 bridgehead atoms. The topological polar surface area (TPSA) is 67.2 Å². The zero-order valence-corrected chi connectivity index (χ0v) is 11.1. The van der Waals surface area contributed by atoms with E-state index in [1.54, 1.807) is 12.3 Å². The first-order valence-electron chi connectivity index (χ1n) is 5.42. The van der Waals surface area contributed by atoms with E-state index in [1.165, 1.54) is 4.68 Å². The Hall–Kier alpha value is -1.14. The van der Waals surface area contributed by atoms with Crippen LogP contribution in [0.4, 0.5) is 5.69 Å². The van der Waals surface area contributed by atoms with E-state index in [2.05, 4.69) is 32.9 Å². The Bertz CT molecular complexity index is 431. The monoisotopic (exact) mass is 301 g/mol. The van der Waals surface area contributed by atoms with Crippen molar-refractivity contribution >= 4 is 21.6 Å². The number of aliphatic hydroxyl groups excluding tert-OH is 1. The Balaban J connectivity index is 2.71. The predicted octanol–water partition coefficient (Wildman–Crippen LogP) is 1.38. The number of unbranched alkanes of at least 4 members (excludes halogenated alkanes) is 1. The van der Waals surface area contributed by atoms with E-state index in [4.69, 9.17) is 5.11 Å². The molecule has 94 valence electrons. The standard InChI is InChI=1S/C11H16BrN3O2/c1-2-6-15-11(17)10(12)9(8-14-15)13-5-3-4-7-16/h2,8,13,16H,1,3-7H2. The molecule has 6 heteroatoms. The molecule has 0 aliphatic rings. The fraction of sp³-hybridized carbons (Fsp3) is 0.455. The Morgan fingerprint density at radius 2 is 2.35 bits per heavy atom. The summed E-state index contributed by atoms with van der Waals surface area (Å²) >= 11 is 3.25. The maximum absolute atomic E-state index is 11.8. The van der Waals surface area contributed by atoms with Crippen LogP contribution in [0.1, 0.15) is 12.8 Å². The minimum atomic E-state index is -0.183. The molecule has 0 saturated heterocycles. The van der Waals surface area contributed by atoms with Gasteiger partial charge in [0, 0.05) is 13.2 Å². The van der Waals surface area contributed by atoms with E-state index >= 15 is 0 Å². The lowest BCUT2D eigenvalue weighted by atomic mass is 10.3. The minimum absolute atomic E-state index is 0.183. The summed E-state index contributed by atoms with van der Waals surface area (Å²) in [5, 5.41) is 15.8. The first-order valence-corrected chi connectivity index (χ1v) is 6.21. The highest BCUT2D eigenvalue weighted by Gasteiger charge is 2.07. The summed E-state index contributed by atoms with van der Waals surface area (Å²) in [6, 6.07) is 0. The van der Waals surface area contributed by atoms with E-state index in [1.807, 2.05) is 0 Å². The predicted molar refractivity (Wildman–Crippen MR) is 71.2 cm³/mol. The second-order valence-corrected chi connectivity index (χ2v) is 4.30. The number of aliphatic hydroxyl groups is 1. The minimum Gasteiger partial charge on any atom is -0.396 e. The number of halogens is 1. The molecule has 1 heterocycles. The van der Waals surface area contributed by atoms with E-state index in [-0.39, 0.29) is 12.2 Å². The van der Waals surface area contributed by atoms with Crippen LogP contribution in [0.3, 0.4) is 0 Å². The summed E-state index contributed by atoms with van der Waals surface area (Å²) in [5.74, 6) is 0. The molecule has 0 atom stereocenters. The Labute approximate surface area is 108 Å². The number of aromatic nitrogens is 2. The maximum atomic E-state index is 11.8. The van der Waals surface area contributed by atoms with Gasteiger partial charge in [-0.05, 0) is 28.8 Å². The van der Waals surface area contributed by atoms with Gasteiger partial charge < -0.3 is 10.4 Å². The van der Waals surface area contributed by atoms with Crippen LogP contribution in [0.25, 0.3) is 0 Å². The highest BCUT2D eigenvalue weighted by Crippen LogP contribution is 2.15. The van der Waals surface area contributed by atoms with Crippen LogP contribution in [-0.2, 0) is 6.54 Å². The molecule has 17 heavy (non-hydrogen) atoms. The van der Waals surface area contributed by atoms with Crippen molar-refractivity contribution < 1.29 is 5.11 Å². The SMILES string of the molecule is C=CCn1ncc(NCCCCO)c(Br)c1=O. The van der Waals surface area contributed by atoms with Gasteiger partial charge in [0.25, 0.3) is 5.56 Å². The molecule has 0 aromatic carbocycles. The van der Waals surface area contributed by atoms with Gasteiger partial charge in [0.1, 0.15) is 4.47 Å². The highest BCUT2D eigenvalue weighted by atomic mass is 79.9. The summed E-state index contributed by atoms with van der Waals surface area (Å²) < 4.78 is 1.80. The molecule has 0 radical (unpaired) electrons. The van der Waals surface area contributed by atoms with Crippen LogP contribution >= 0.6 is 15.9 Å². The Morgan fingerprint density at radius 1 is 1.59 bits per heavy atom. The molecule has 5 nitrogen and oxygen atoms in total. The average Bonchev–Trinajstić information content (AvgIpc) is 2.33. The van der Waals surface area contributed by atoms with Crippen LogP contribution in [-0.4, -0.2) is 28.0 Å². The fourth-order valence-electron chi connectivity index (χ4n) is 1.30. The van der Waals surface area contributed by atoms with Gasteiger partial charge in [-0.2, -0.15) is 5.10 Å². The smallest absolute Gasteiger partial charge is 0.283 e. The third kappa shape index (κ3) is 3.98. The molecule has 0 aliphatic heterocycles. The Kier molecular flexibility index (Phi) is 5.93. The van der Waals surface area contributed by atoms with E-state index < -0.39 is 0 Å². The summed E-state index contributed by atoms with van der Waals surface area (Å²) in [7, 11) is 0. The van der Waals surface area contributed by atoms with Crippen LogP contribution in [0.2, 0.25) is 0 Å². The first kappa shape index (κ1) is 13.9. The van der Waals surface area contributed by atoms with Crippen LogP contribution in [0.15, 0.2) is 28.1 Å². The molecular formula is C11H16BrN3O2. The van der Waals surface area contributed by atoms with Crippen LogP contribution in [0.5, 0.6) is 0 Å². The van der Waals surface area contributed by atoms with Crippen molar-refractivity contribution in [1.29, 1.82) is 0 Å². The molecule has 1 rings (SSSR count). The van der Waals surface area contributed by atoms with Gasteiger partial charge in [-0.3, -0.25) is 4.79 Å². The molecule has 1 aromatic heterocycles. The van der Waals surface area contributed by atoms with Crippen LogP contribution < -0.4 is 10.9 Å². The maximum Gasteiger partial charge on any atom is 0.283 e. The largest absolute Gasteiger partial charge is 0.396 e. The molecular weight excluding hydrogens is 286 g/mol. The number of rotatable bonds is 7. The number of allylic oxidation sites excluding steroid dienone is 1. The van der Waals surface area contributed by atoms with Crippen molar-refractivity contribution in [2.75, 3.05) is 18.5 Å². The lowest BCUT2D eigenvalue weighted by molar-refractivity contribution is 0.286. The summed E-state index contributed by atoms with van der Waals surface area (Å²) in [6.45, 7) is 4.84. The molecule has 2 N–H and O–H groups in total. The van der Waals surface area contributed by atoms with Crippen LogP contribution in [0, 0.1) is 0 Å². The Morgan fingerprint density at radius 3 is 3.00 bits per heavy atom. The lowest BCUT2D eigenvalue weighted by Crippen LogP contribution is -2.24. The second-order valence-electron chi connectivity index (χ2n) is 3.51. The molecule has 0 saturated carbocycles. The summed E-state index contributed by atoms with van der Waals surface area (Å²) in [4.78, 5) is 11.8. The fourth-order valence-corrected chi connectivity index (χ4v) is 1.75. The van der Waals surface area contributed by atoms with Crippen molar-refractivity contribution in [2.45, 2.75) is 19.4 Å². The number of nitrogens with one attached hydrogen (secondary N) is 1. The molecule has 1 aromatic rings. The van der Waals surface area contributed by atoms with Gasteiger partial charge in [-0.1, -0.05) is 6.08 Å². The molecule has 0 spiro atoms. The van der Waals surface area contributed by atoms with Gasteiger partial charge in [0.15, 0.2) is 0 Å². The lowest BCUT2D eigenvalue weighted by Gasteiger charge is -2.09. The van der Waals surface area contributed by atoms with Gasteiger partial charge >= 0.3 is 0 Å². The third-order valence-corrected chi connectivity index (χ3v) is 2.95. The number of nitrogens with zero attached hydrogens (tertiary/aromatic N) is 2. The third-order valence-electron chi connectivity index (χ3n) is 2.19. The zero-order chi connectivity index (χ0) is 12.7. The summed E-state index contributed by atoms with van der Waals surface area (Å²) in [5.41, 5.74) is 0.491. The second kappa shape index (κ2) is 7.24. The number of anilines is 1. The summed E-state index contributed by atoms with van der Waals surface area (Å²) in [6.07, 6.45) is 4.81. The quantitative estimate of drug-likeness (QED) is 0.590. The van der Waals surface area contributed by atoms with Crippen molar-refractivity contribution in [3.05, 3.63) is 33.7 Å². The highest BCUT2D eigenvalue weighted by molar-refractivity contribution is 9.10. The van der Waals surface area contributed by atoms with Crippen molar-refractivity contribution in [2.24, 2.45) is 0 Å². The number of hydrogen-bond acceptors (Lipinski definition) is 4. The van der Waals surface area contributed by atoms with Crippen molar-refractivity contribution in [1.82, 2.24) is 9.78 Å². The van der Waals surface area contributed by atoms with Gasteiger partial charge in [0.05, 0.1) is 18.4 Å². The molecule has 0 fully saturated rings. The number of hydrogen-bond donors (Lipinski definition) is 2. The van der Waals surface area contributed by atoms with E-state index in [0.717, 1.165) is 12.8 Å². The van der Waals surface area contributed by atoms with Gasteiger partial charge in [-0.25, -0.2) is 4.68 Å². The molecule has 0 aliphatic carbocycles. The molecule has 0 amide bonds. The van der Waals surface area contributed by atoms with Crippen molar-refractivity contribution in [3.8, 4) is 0 Å². The zero-order valence-electron chi connectivity index (χ0n) is 9.53. The van der Waals surface area contributed by atoms with Gasteiger partial charge in [0.2, 0.25) is 0 Å². The molecule has 0 unspecified atom stereocenters. The average molecular weight is 302 g/mol. The van der Waals surface area contributed by atoms with E-state index in [9.17, 15) is 4.79 Å². The van der Waals surface area contributed by atoms with Gasteiger partial charge in [-0.15, -0.1) is 6.58 Å². The van der Waals surface area contributed by atoms with Crippen molar-refractivity contribution in [3.63, 3.8) is 0 Å². The van der Waals surface area contributed by atoms with E-state index in [0.29, 0.717) is 23.2 Å². The normalized spacial score (nSPS) is 10.2.